The predicted octanol–water partition coefficient (Wildman–Crippen LogP) is 2.50. The van der Waals surface area contributed by atoms with E-state index in [-0.39, 0.29) is 15.1 Å². The Morgan fingerprint density at radius 3 is 2.54 bits per heavy atom. The van der Waals surface area contributed by atoms with Gasteiger partial charge >= 0.3 is 0 Å². The molecule has 0 spiro atoms. The average molecular weight is 199 g/mol. The number of hydrogen-bond acceptors (Lipinski definition) is 3. The van der Waals surface area contributed by atoms with Gasteiger partial charge in [-0.15, -0.1) is 5.25 Å². The zero-order valence-corrected chi connectivity index (χ0v) is 8.78. The fourth-order valence-corrected chi connectivity index (χ4v) is 1.29. The fourth-order valence-electron chi connectivity index (χ4n) is 0.710. The van der Waals surface area contributed by atoms with Gasteiger partial charge in [0, 0.05) is 0 Å². The second-order valence-corrected chi connectivity index (χ2v) is 3.40. The summed E-state index contributed by atoms with van der Waals surface area (Å²) in [4.78, 5) is 5.10. The summed E-state index contributed by atoms with van der Waals surface area (Å²) < 4.78 is 5.35. The molecule has 0 saturated heterocycles. The van der Waals surface area contributed by atoms with Crippen molar-refractivity contribution in [1.82, 2.24) is 5.25 Å². The van der Waals surface area contributed by atoms with E-state index in [1.165, 1.54) is 0 Å². The summed E-state index contributed by atoms with van der Waals surface area (Å²) in [5.74, 6) is 0.848. The third-order valence-electron chi connectivity index (χ3n) is 1.25. The second kappa shape index (κ2) is 5.92. The van der Waals surface area contributed by atoms with Crippen LogP contribution in [-0.4, -0.2) is 6.10 Å². The van der Waals surface area contributed by atoms with Crippen LogP contribution in [0.2, 0.25) is 0 Å². The molecular formula is C9H14NO2P. The molecule has 3 nitrogen and oxygen atoms in total. The molecule has 0 bridgehead atoms. The summed E-state index contributed by atoms with van der Waals surface area (Å²) in [5, 5.41) is 2.74. The van der Waals surface area contributed by atoms with Crippen LogP contribution in [0.5, 0.6) is 5.75 Å². The quantitative estimate of drug-likeness (QED) is 0.449. The first-order chi connectivity index (χ1) is 6.29. The van der Waals surface area contributed by atoms with Crippen molar-refractivity contribution in [3.63, 3.8) is 0 Å². The first-order valence-corrected chi connectivity index (χ1v) is 5.07. The van der Waals surface area contributed by atoms with Crippen molar-refractivity contribution in [3.05, 3.63) is 30.3 Å². The number of benzene rings is 1. The van der Waals surface area contributed by atoms with Gasteiger partial charge in [0.15, 0.2) is 8.96 Å². The number of para-hydroxylation sites is 1. The monoisotopic (exact) mass is 199 g/mol. The van der Waals surface area contributed by atoms with Gasteiger partial charge < -0.3 is 4.52 Å². The Balaban J connectivity index is 2.13. The van der Waals surface area contributed by atoms with Crippen LogP contribution in [-0.2, 0) is 4.84 Å². The van der Waals surface area contributed by atoms with Crippen molar-refractivity contribution in [1.29, 1.82) is 0 Å². The molecule has 4 heteroatoms. The van der Waals surface area contributed by atoms with Crippen molar-refractivity contribution >= 4 is 8.96 Å². The predicted molar refractivity (Wildman–Crippen MR) is 54.7 cm³/mol. The van der Waals surface area contributed by atoms with Gasteiger partial charge in [-0.1, -0.05) is 18.2 Å². The minimum absolute atomic E-state index is 0.130. The first kappa shape index (κ1) is 10.5. The Kier molecular flexibility index (Phi) is 4.76. The summed E-state index contributed by atoms with van der Waals surface area (Å²) in [6.07, 6.45) is 0.173. The standard InChI is InChI=1S/C9H14NO2P/c1-8(2)11-10-13-12-9-6-4-3-5-7-9/h3-8,10,13H,1-2H3. The third-order valence-corrected chi connectivity index (χ3v) is 1.79. The molecule has 0 aliphatic rings. The summed E-state index contributed by atoms with van der Waals surface area (Å²) in [6.45, 7) is 3.92. The van der Waals surface area contributed by atoms with Crippen LogP contribution in [0.25, 0.3) is 0 Å². The summed E-state index contributed by atoms with van der Waals surface area (Å²) >= 11 is 0. The van der Waals surface area contributed by atoms with E-state index < -0.39 is 0 Å². The lowest BCUT2D eigenvalue weighted by molar-refractivity contribution is 0.0419. The number of nitrogens with one attached hydrogen (secondary N) is 1. The second-order valence-electron chi connectivity index (χ2n) is 2.79. The maximum atomic E-state index is 5.35. The van der Waals surface area contributed by atoms with E-state index in [9.17, 15) is 0 Å². The van der Waals surface area contributed by atoms with Gasteiger partial charge in [0.1, 0.15) is 5.75 Å². The van der Waals surface area contributed by atoms with Crippen LogP contribution in [0.4, 0.5) is 0 Å². The smallest absolute Gasteiger partial charge is 0.170 e. The zero-order valence-electron chi connectivity index (χ0n) is 7.78. The van der Waals surface area contributed by atoms with E-state index in [1.54, 1.807) is 0 Å². The molecule has 1 atom stereocenters. The van der Waals surface area contributed by atoms with Crippen molar-refractivity contribution < 1.29 is 9.36 Å². The molecule has 0 saturated carbocycles. The Bertz CT molecular complexity index is 228. The first-order valence-electron chi connectivity index (χ1n) is 4.16. The summed E-state index contributed by atoms with van der Waals surface area (Å²) in [7, 11) is 0.130. The molecule has 1 aromatic carbocycles. The van der Waals surface area contributed by atoms with Gasteiger partial charge in [0.05, 0.1) is 6.10 Å². The van der Waals surface area contributed by atoms with E-state index in [4.69, 9.17) is 9.36 Å². The summed E-state index contributed by atoms with van der Waals surface area (Å²) in [6, 6.07) is 9.63. The molecule has 1 rings (SSSR count). The van der Waals surface area contributed by atoms with Crippen LogP contribution in [0.3, 0.4) is 0 Å². The lowest BCUT2D eigenvalue weighted by Gasteiger charge is -2.08. The van der Waals surface area contributed by atoms with Crippen molar-refractivity contribution in [2.75, 3.05) is 0 Å². The molecule has 1 N–H and O–H groups in total. The molecule has 0 radical (unpaired) electrons. The zero-order chi connectivity index (χ0) is 9.52. The SMILES string of the molecule is CC(C)ONPOc1ccccc1. The lowest BCUT2D eigenvalue weighted by Crippen LogP contribution is -2.11. The topological polar surface area (TPSA) is 30.5 Å². The van der Waals surface area contributed by atoms with Crippen LogP contribution in [0.15, 0.2) is 30.3 Å². The molecule has 0 aliphatic carbocycles. The molecule has 13 heavy (non-hydrogen) atoms. The van der Waals surface area contributed by atoms with Crippen LogP contribution >= 0.6 is 8.96 Å². The molecule has 1 aromatic rings. The highest BCUT2D eigenvalue weighted by Gasteiger charge is 1.93. The molecule has 0 aromatic heterocycles. The average Bonchev–Trinajstić information content (AvgIpc) is 2.14. The van der Waals surface area contributed by atoms with E-state index in [0.29, 0.717) is 0 Å². The molecule has 0 aliphatic heterocycles. The third kappa shape index (κ3) is 4.83. The summed E-state index contributed by atoms with van der Waals surface area (Å²) in [5.41, 5.74) is 0. The van der Waals surface area contributed by atoms with Gasteiger partial charge in [-0.25, -0.2) is 0 Å². The maximum absolute atomic E-state index is 5.35. The van der Waals surface area contributed by atoms with Gasteiger partial charge in [-0.2, -0.15) is 0 Å². The minimum Gasteiger partial charge on any atom is -0.459 e. The van der Waals surface area contributed by atoms with Crippen LogP contribution in [0.1, 0.15) is 13.8 Å². The van der Waals surface area contributed by atoms with Crippen molar-refractivity contribution in [2.24, 2.45) is 0 Å². The lowest BCUT2D eigenvalue weighted by atomic mass is 10.3. The van der Waals surface area contributed by atoms with Gasteiger partial charge in [-0.05, 0) is 26.0 Å². The van der Waals surface area contributed by atoms with Crippen LogP contribution in [0, 0.1) is 0 Å². The van der Waals surface area contributed by atoms with Crippen molar-refractivity contribution in [3.8, 4) is 5.75 Å². The van der Waals surface area contributed by atoms with E-state index in [0.717, 1.165) is 5.75 Å². The van der Waals surface area contributed by atoms with E-state index in [2.05, 4.69) is 5.25 Å². The molecule has 0 fully saturated rings. The van der Waals surface area contributed by atoms with Crippen molar-refractivity contribution in [2.45, 2.75) is 20.0 Å². The number of hydrogen-bond donors (Lipinski definition) is 1. The molecule has 72 valence electrons. The Hall–Kier alpha value is -0.630. The molecule has 1 unspecified atom stereocenters. The minimum atomic E-state index is 0.130. The molecule has 0 amide bonds. The Labute approximate surface area is 80.3 Å². The van der Waals surface area contributed by atoms with E-state index >= 15 is 0 Å². The van der Waals surface area contributed by atoms with E-state index in [1.807, 2.05) is 44.2 Å². The number of rotatable bonds is 5. The normalized spacial score (nSPS) is 11.3. The molecular weight excluding hydrogens is 185 g/mol. The Morgan fingerprint density at radius 2 is 1.92 bits per heavy atom. The maximum Gasteiger partial charge on any atom is 0.170 e. The fraction of sp³-hybridized carbons (Fsp3) is 0.333. The highest BCUT2D eigenvalue weighted by molar-refractivity contribution is 7.29. The van der Waals surface area contributed by atoms with Gasteiger partial charge in [-0.3, -0.25) is 4.84 Å². The Morgan fingerprint density at radius 1 is 1.23 bits per heavy atom. The largest absolute Gasteiger partial charge is 0.459 e. The van der Waals surface area contributed by atoms with Crippen LogP contribution < -0.4 is 9.77 Å². The van der Waals surface area contributed by atoms with Gasteiger partial charge in [0.2, 0.25) is 0 Å². The highest BCUT2D eigenvalue weighted by Crippen LogP contribution is 2.16. The van der Waals surface area contributed by atoms with Gasteiger partial charge in [0.25, 0.3) is 0 Å². The molecule has 0 heterocycles. The highest BCUT2D eigenvalue weighted by atomic mass is 31.1.